The smallest absolute Gasteiger partial charge is 0.256 e. The van der Waals surface area contributed by atoms with E-state index in [4.69, 9.17) is 17.3 Å². The normalized spacial score (nSPS) is 16.5. The van der Waals surface area contributed by atoms with Gasteiger partial charge in [0.05, 0.1) is 10.6 Å². The molecule has 3 rings (SSSR count). The van der Waals surface area contributed by atoms with Crippen LogP contribution in [0, 0.1) is 5.92 Å². The Labute approximate surface area is 176 Å². The Morgan fingerprint density at radius 2 is 1.82 bits per heavy atom. The van der Waals surface area contributed by atoms with E-state index in [0.717, 1.165) is 11.1 Å². The fraction of sp³-hybridized carbons (Fsp3) is 0.333. The Bertz CT molecular complexity index is 844. The molecule has 1 heterocycles. The minimum absolute atomic E-state index is 0. The summed E-state index contributed by atoms with van der Waals surface area (Å²) in [6, 6.07) is 14.3. The largest absolute Gasteiger partial charge is 0.354 e. The molecule has 7 heteroatoms. The molecule has 2 atom stereocenters. The van der Waals surface area contributed by atoms with E-state index in [-0.39, 0.29) is 30.1 Å². The van der Waals surface area contributed by atoms with Gasteiger partial charge in [0.25, 0.3) is 5.91 Å². The molecule has 28 heavy (non-hydrogen) atoms. The molecule has 0 saturated heterocycles. The van der Waals surface area contributed by atoms with Gasteiger partial charge in [-0.3, -0.25) is 9.59 Å². The van der Waals surface area contributed by atoms with E-state index in [2.05, 4.69) is 5.32 Å². The molecule has 0 saturated carbocycles. The van der Waals surface area contributed by atoms with E-state index in [9.17, 15) is 9.59 Å². The van der Waals surface area contributed by atoms with Gasteiger partial charge in [-0.15, -0.1) is 12.4 Å². The van der Waals surface area contributed by atoms with Gasteiger partial charge < -0.3 is 16.0 Å². The molecule has 5 nitrogen and oxygen atoms in total. The van der Waals surface area contributed by atoms with Crippen LogP contribution in [0.5, 0.6) is 0 Å². The Hall–Kier alpha value is -2.08. The molecule has 2 aromatic carbocycles. The first-order valence-corrected chi connectivity index (χ1v) is 9.49. The second-order valence-electron chi connectivity index (χ2n) is 6.99. The lowest BCUT2D eigenvalue weighted by atomic mass is 9.92. The van der Waals surface area contributed by atoms with E-state index in [1.807, 2.05) is 31.2 Å². The van der Waals surface area contributed by atoms with Crippen molar-refractivity contribution in [2.45, 2.75) is 25.9 Å². The van der Waals surface area contributed by atoms with Gasteiger partial charge in [0.15, 0.2) is 0 Å². The summed E-state index contributed by atoms with van der Waals surface area (Å²) in [4.78, 5) is 27.7. The van der Waals surface area contributed by atoms with Crippen molar-refractivity contribution < 1.29 is 9.59 Å². The molecule has 1 aliphatic rings. The molecule has 3 N–H and O–H groups in total. The first-order chi connectivity index (χ1) is 13.0. The SMILES string of the molecule is CC(CN)CNC(=O)C1Cc2ccccc2CN1C(=O)c1ccccc1Cl.Cl. The minimum Gasteiger partial charge on any atom is -0.354 e. The van der Waals surface area contributed by atoms with Crippen LogP contribution in [0.1, 0.15) is 28.4 Å². The fourth-order valence-corrected chi connectivity index (χ4v) is 3.45. The summed E-state index contributed by atoms with van der Waals surface area (Å²) < 4.78 is 0. The number of carbonyl (C=O) groups is 2. The quantitative estimate of drug-likeness (QED) is 0.778. The van der Waals surface area contributed by atoms with Gasteiger partial charge in [0, 0.05) is 19.5 Å². The molecule has 0 bridgehead atoms. The van der Waals surface area contributed by atoms with Gasteiger partial charge >= 0.3 is 0 Å². The zero-order chi connectivity index (χ0) is 19.4. The number of rotatable bonds is 5. The molecule has 0 spiro atoms. The van der Waals surface area contributed by atoms with E-state index < -0.39 is 6.04 Å². The first kappa shape index (κ1) is 22.2. The average molecular weight is 422 g/mol. The standard InChI is InChI=1S/C21H24ClN3O2.ClH/c1-14(11-23)12-24-20(26)19-10-15-6-2-3-7-16(15)13-25(19)21(27)17-8-4-5-9-18(17)22;/h2-9,14,19H,10-13,23H2,1H3,(H,24,26);1H. The van der Waals surface area contributed by atoms with Gasteiger partial charge in [-0.25, -0.2) is 0 Å². The van der Waals surface area contributed by atoms with Gasteiger partial charge in [-0.05, 0) is 35.7 Å². The van der Waals surface area contributed by atoms with Crippen molar-refractivity contribution in [3.63, 3.8) is 0 Å². The van der Waals surface area contributed by atoms with Crippen molar-refractivity contribution in [2.24, 2.45) is 11.7 Å². The molecule has 1 aliphatic heterocycles. The van der Waals surface area contributed by atoms with Crippen LogP contribution in [-0.4, -0.2) is 35.8 Å². The van der Waals surface area contributed by atoms with Gasteiger partial charge in [0.2, 0.25) is 5.91 Å². The summed E-state index contributed by atoms with van der Waals surface area (Å²) in [6.07, 6.45) is 0.481. The zero-order valence-corrected chi connectivity index (χ0v) is 17.3. The fourth-order valence-electron chi connectivity index (χ4n) is 3.24. The summed E-state index contributed by atoms with van der Waals surface area (Å²) in [7, 11) is 0. The van der Waals surface area contributed by atoms with Crippen LogP contribution >= 0.6 is 24.0 Å². The van der Waals surface area contributed by atoms with Gasteiger partial charge in [-0.2, -0.15) is 0 Å². The summed E-state index contributed by atoms with van der Waals surface area (Å²) in [5.74, 6) is -0.218. The summed E-state index contributed by atoms with van der Waals surface area (Å²) in [5.41, 5.74) is 8.19. The lowest BCUT2D eigenvalue weighted by molar-refractivity contribution is -0.126. The highest BCUT2D eigenvalue weighted by Crippen LogP contribution is 2.27. The van der Waals surface area contributed by atoms with Crippen molar-refractivity contribution in [2.75, 3.05) is 13.1 Å². The highest BCUT2D eigenvalue weighted by Gasteiger charge is 2.35. The predicted octanol–water partition coefficient (Wildman–Crippen LogP) is 3.04. The third kappa shape index (κ3) is 4.85. The molecular formula is C21H25Cl2N3O2. The topological polar surface area (TPSA) is 75.4 Å². The van der Waals surface area contributed by atoms with Crippen LogP contribution in [0.3, 0.4) is 0 Å². The Morgan fingerprint density at radius 1 is 1.18 bits per heavy atom. The van der Waals surface area contributed by atoms with Crippen molar-refractivity contribution in [1.82, 2.24) is 10.2 Å². The van der Waals surface area contributed by atoms with Crippen molar-refractivity contribution in [3.8, 4) is 0 Å². The lowest BCUT2D eigenvalue weighted by Gasteiger charge is -2.36. The minimum atomic E-state index is -0.575. The lowest BCUT2D eigenvalue weighted by Crippen LogP contribution is -2.53. The van der Waals surface area contributed by atoms with Crippen molar-refractivity contribution >= 4 is 35.8 Å². The highest BCUT2D eigenvalue weighted by atomic mass is 35.5. The van der Waals surface area contributed by atoms with E-state index in [0.29, 0.717) is 36.6 Å². The van der Waals surface area contributed by atoms with E-state index >= 15 is 0 Å². The molecule has 0 aromatic heterocycles. The maximum absolute atomic E-state index is 13.2. The van der Waals surface area contributed by atoms with Crippen molar-refractivity contribution in [1.29, 1.82) is 0 Å². The maximum Gasteiger partial charge on any atom is 0.256 e. The molecular weight excluding hydrogens is 397 g/mol. The highest BCUT2D eigenvalue weighted by molar-refractivity contribution is 6.33. The predicted molar refractivity (Wildman–Crippen MR) is 114 cm³/mol. The molecule has 150 valence electrons. The Balaban J connectivity index is 0.00000280. The maximum atomic E-state index is 13.2. The van der Waals surface area contributed by atoms with Gasteiger partial charge in [-0.1, -0.05) is 54.9 Å². The summed E-state index contributed by atoms with van der Waals surface area (Å²) in [5, 5.41) is 3.33. The first-order valence-electron chi connectivity index (χ1n) is 9.11. The third-order valence-corrected chi connectivity index (χ3v) is 5.27. The Morgan fingerprint density at radius 3 is 2.50 bits per heavy atom. The van der Waals surface area contributed by atoms with Crippen molar-refractivity contribution in [3.05, 3.63) is 70.2 Å². The number of nitrogens with zero attached hydrogens (tertiary/aromatic N) is 1. The summed E-state index contributed by atoms with van der Waals surface area (Å²) in [6.45, 7) is 3.34. The number of amides is 2. The molecule has 2 unspecified atom stereocenters. The van der Waals surface area contributed by atoms with Gasteiger partial charge in [0.1, 0.15) is 6.04 Å². The number of fused-ring (bicyclic) bond motifs is 1. The molecule has 0 radical (unpaired) electrons. The molecule has 0 aliphatic carbocycles. The van der Waals surface area contributed by atoms with Crippen LogP contribution in [0.2, 0.25) is 5.02 Å². The van der Waals surface area contributed by atoms with E-state index in [1.54, 1.807) is 29.2 Å². The van der Waals surface area contributed by atoms with E-state index in [1.165, 1.54) is 0 Å². The van der Waals surface area contributed by atoms with Crippen LogP contribution in [-0.2, 0) is 17.8 Å². The number of nitrogens with two attached hydrogens (primary N) is 1. The zero-order valence-electron chi connectivity index (χ0n) is 15.7. The number of halogens is 2. The number of hydrogen-bond acceptors (Lipinski definition) is 3. The monoisotopic (exact) mass is 421 g/mol. The average Bonchev–Trinajstić information content (AvgIpc) is 2.70. The second-order valence-corrected chi connectivity index (χ2v) is 7.39. The molecule has 2 amide bonds. The number of nitrogens with one attached hydrogen (secondary N) is 1. The summed E-state index contributed by atoms with van der Waals surface area (Å²) >= 11 is 6.23. The Kier molecular flexibility index (Phi) is 7.87. The number of hydrogen-bond donors (Lipinski definition) is 2. The third-order valence-electron chi connectivity index (χ3n) is 4.94. The van der Waals surface area contributed by atoms with Crippen LogP contribution in [0.4, 0.5) is 0 Å². The van der Waals surface area contributed by atoms with Crippen LogP contribution in [0.15, 0.2) is 48.5 Å². The van der Waals surface area contributed by atoms with Crippen LogP contribution < -0.4 is 11.1 Å². The second kappa shape index (κ2) is 9.92. The number of benzene rings is 2. The van der Waals surface area contributed by atoms with Crippen LogP contribution in [0.25, 0.3) is 0 Å². The number of carbonyl (C=O) groups excluding carboxylic acids is 2. The molecule has 0 fully saturated rings. The molecule has 2 aromatic rings.